The van der Waals surface area contributed by atoms with Crippen molar-refractivity contribution >= 4 is 23.2 Å². The molecule has 0 spiro atoms. The molecule has 0 bridgehead atoms. The van der Waals surface area contributed by atoms with Crippen LogP contribution < -0.4 is 5.32 Å². The van der Waals surface area contributed by atoms with Gasteiger partial charge in [0.1, 0.15) is 11.5 Å². The fourth-order valence-corrected chi connectivity index (χ4v) is 3.77. The lowest BCUT2D eigenvalue weighted by Gasteiger charge is -2.16. The van der Waals surface area contributed by atoms with Gasteiger partial charge in [-0.3, -0.25) is 9.59 Å². The molecule has 1 heterocycles. The van der Waals surface area contributed by atoms with Gasteiger partial charge in [0.15, 0.2) is 0 Å². The molecule has 1 aromatic carbocycles. The number of amides is 1. The molecule has 0 aliphatic heterocycles. The molecule has 1 fully saturated rings. The number of carbonyl (C=O) groups is 2. The third-order valence-electron chi connectivity index (χ3n) is 4.23. The quantitative estimate of drug-likeness (QED) is 0.871. The summed E-state index contributed by atoms with van der Waals surface area (Å²) >= 11 is 1.29. The van der Waals surface area contributed by atoms with Crippen molar-refractivity contribution < 1.29 is 19.1 Å². The molecule has 3 rings (SSSR count). The lowest BCUT2D eigenvalue weighted by Crippen LogP contribution is -2.40. The molecule has 1 aliphatic rings. The summed E-state index contributed by atoms with van der Waals surface area (Å²) in [6.45, 7) is 0. The van der Waals surface area contributed by atoms with Crippen molar-refractivity contribution in [1.82, 2.24) is 10.3 Å². The number of aromatic nitrogens is 1. The van der Waals surface area contributed by atoms with Gasteiger partial charge in [-0.2, -0.15) is 0 Å². The van der Waals surface area contributed by atoms with E-state index in [9.17, 15) is 14.0 Å². The first-order chi connectivity index (χ1) is 11.5. The van der Waals surface area contributed by atoms with Gasteiger partial charge in [-0.1, -0.05) is 24.6 Å². The second kappa shape index (κ2) is 7.09. The zero-order chi connectivity index (χ0) is 17.1. The van der Waals surface area contributed by atoms with Crippen molar-refractivity contribution in [3.63, 3.8) is 0 Å². The lowest BCUT2D eigenvalue weighted by atomic mass is 10.0. The van der Waals surface area contributed by atoms with E-state index in [0.29, 0.717) is 29.8 Å². The maximum absolute atomic E-state index is 13.7. The molecule has 24 heavy (non-hydrogen) atoms. The molecular formula is C17H17FN2O3S. The Kier molecular flexibility index (Phi) is 4.89. The van der Waals surface area contributed by atoms with Gasteiger partial charge < -0.3 is 10.4 Å². The number of carbonyl (C=O) groups excluding carboxylic acids is 1. The van der Waals surface area contributed by atoms with Crippen LogP contribution in [-0.2, 0) is 11.2 Å². The summed E-state index contributed by atoms with van der Waals surface area (Å²) in [6.07, 6.45) is 2.36. The topological polar surface area (TPSA) is 79.3 Å². The van der Waals surface area contributed by atoms with Gasteiger partial charge in [0, 0.05) is 17.8 Å². The molecule has 7 heteroatoms. The summed E-state index contributed by atoms with van der Waals surface area (Å²) in [6, 6.07) is 6.10. The number of rotatable bonds is 5. The van der Waals surface area contributed by atoms with Crippen LogP contribution in [0.2, 0.25) is 0 Å². The van der Waals surface area contributed by atoms with Gasteiger partial charge in [-0.25, -0.2) is 9.37 Å². The number of hydrogen-bond donors (Lipinski definition) is 2. The van der Waals surface area contributed by atoms with Crippen LogP contribution in [0.15, 0.2) is 29.6 Å². The molecule has 126 valence electrons. The summed E-state index contributed by atoms with van der Waals surface area (Å²) in [5.74, 6) is -2.08. The molecule has 1 amide bonds. The van der Waals surface area contributed by atoms with Crippen molar-refractivity contribution in [2.75, 3.05) is 0 Å². The largest absolute Gasteiger partial charge is 0.481 e. The second-order valence-electron chi connectivity index (χ2n) is 5.85. The van der Waals surface area contributed by atoms with Crippen LogP contribution in [-0.4, -0.2) is 28.0 Å². The van der Waals surface area contributed by atoms with Crippen molar-refractivity contribution in [3.8, 4) is 0 Å². The molecule has 1 aromatic heterocycles. The summed E-state index contributed by atoms with van der Waals surface area (Å²) < 4.78 is 13.7. The molecule has 1 aliphatic carbocycles. The van der Waals surface area contributed by atoms with E-state index in [1.807, 2.05) is 0 Å². The average molecular weight is 348 g/mol. The first-order valence-electron chi connectivity index (χ1n) is 7.76. The highest BCUT2D eigenvalue weighted by Gasteiger charge is 2.34. The Morgan fingerprint density at radius 3 is 2.88 bits per heavy atom. The smallest absolute Gasteiger partial charge is 0.308 e. The highest BCUT2D eigenvalue weighted by atomic mass is 32.1. The van der Waals surface area contributed by atoms with Gasteiger partial charge >= 0.3 is 5.97 Å². The van der Waals surface area contributed by atoms with Gasteiger partial charge in [-0.05, 0) is 24.5 Å². The number of aliphatic carboxylic acids is 1. The normalized spacial score (nSPS) is 20.0. The van der Waals surface area contributed by atoms with Crippen molar-refractivity contribution in [3.05, 3.63) is 51.7 Å². The number of benzene rings is 1. The standard InChI is InChI=1S/C17H17FN2O3S/c18-12-6-2-1-4-10(12)8-15-19-14(9-24-15)16(21)20-13-7-3-5-11(13)17(22)23/h1-2,4,6,9,11,13H,3,5,7-8H2,(H,20,21)(H,22,23)/t11-,13+/m1/s1. The Hall–Kier alpha value is -2.28. The molecule has 1 saturated carbocycles. The molecule has 5 nitrogen and oxygen atoms in total. The number of nitrogens with one attached hydrogen (secondary N) is 1. The molecule has 2 N–H and O–H groups in total. The number of halogens is 1. The highest BCUT2D eigenvalue weighted by Crippen LogP contribution is 2.26. The van der Waals surface area contributed by atoms with E-state index in [1.54, 1.807) is 23.6 Å². The zero-order valence-electron chi connectivity index (χ0n) is 12.9. The Labute approximate surface area is 142 Å². The van der Waals surface area contributed by atoms with Crippen LogP contribution in [0.5, 0.6) is 0 Å². The van der Waals surface area contributed by atoms with Crippen molar-refractivity contribution in [1.29, 1.82) is 0 Å². The van der Waals surface area contributed by atoms with Crippen LogP contribution >= 0.6 is 11.3 Å². The molecular weight excluding hydrogens is 331 g/mol. The number of carboxylic acids is 1. The number of hydrogen-bond acceptors (Lipinski definition) is 4. The lowest BCUT2D eigenvalue weighted by molar-refractivity contribution is -0.142. The molecule has 2 atom stereocenters. The predicted octanol–water partition coefficient (Wildman–Crippen LogP) is 2.86. The van der Waals surface area contributed by atoms with Crippen LogP contribution in [0.25, 0.3) is 0 Å². The summed E-state index contributed by atoms with van der Waals surface area (Å²) in [4.78, 5) is 27.7. The summed E-state index contributed by atoms with van der Waals surface area (Å²) in [5, 5.41) is 14.2. The minimum atomic E-state index is -0.878. The maximum Gasteiger partial charge on any atom is 0.308 e. The van der Waals surface area contributed by atoms with Crippen molar-refractivity contribution in [2.24, 2.45) is 5.92 Å². The minimum Gasteiger partial charge on any atom is -0.481 e. The van der Waals surface area contributed by atoms with Gasteiger partial charge in [0.2, 0.25) is 0 Å². The fraction of sp³-hybridized carbons (Fsp3) is 0.353. The van der Waals surface area contributed by atoms with E-state index < -0.39 is 11.9 Å². The Morgan fingerprint density at radius 2 is 2.12 bits per heavy atom. The number of carboxylic acid groups (broad SMARTS) is 1. The van der Waals surface area contributed by atoms with Gasteiger partial charge in [-0.15, -0.1) is 11.3 Å². The molecule has 0 radical (unpaired) electrons. The Morgan fingerprint density at radius 1 is 1.33 bits per heavy atom. The molecule has 0 saturated heterocycles. The molecule has 0 unspecified atom stereocenters. The Balaban J connectivity index is 1.66. The minimum absolute atomic E-state index is 0.252. The van der Waals surface area contributed by atoms with Crippen LogP contribution in [0.4, 0.5) is 4.39 Å². The zero-order valence-corrected chi connectivity index (χ0v) is 13.7. The summed E-state index contributed by atoms with van der Waals surface area (Å²) in [5.41, 5.74) is 0.780. The maximum atomic E-state index is 13.7. The van der Waals surface area contributed by atoms with Crippen LogP contribution in [0.1, 0.15) is 40.3 Å². The van der Waals surface area contributed by atoms with Gasteiger partial charge in [0.05, 0.1) is 10.9 Å². The monoisotopic (exact) mass is 348 g/mol. The number of nitrogens with zero attached hydrogens (tertiary/aromatic N) is 1. The van der Waals surface area contributed by atoms with E-state index in [2.05, 4.69) is 10.3 Å². The van der Waals surface area contributed by atoms with E-state index in [4.69, 9.17) is 5.11 Å². The van der Waals surface area contributed by atoms with Crippen LogP contribution in [0.3, 0.4) is 0 Å². The number of thiazole rings is 1. The SMILES string of the molecule is O=C(N[C@H]1CCC[C@H]1C(=O)O)c1csc(Cc2ccccc2F)n1. The second-order valence-corrected chi connectivity index (χ2v) is 6.79. The first kappa shape index (κ1) is 16.6. The third-order valence-corrected chi connectivity index (χ3v) is 5.08. The van der Waals surface area contributed by atoms with Gasteiger partial charge in [0.25, 0.3) is 5.91 Å². The van der Waals surface area contributed by atoms with Crippen LogP contribution in [0, 0.1) is 11.7 Å². The highest BCUT2D eigenvalue weighted by molar-refractivity contribution is 7.09. The summed E-state index contributed by atoms with van der Waals surface area (Å²) in [7, 11) is 0. The predicted molar refractivity (Wildman–Crippen MR) is 87.6 cm³/mol. The van der Waals surface area contributed by atoms with E-state index in [-0.39, 0.29) is 23.5 Å². The first-order valence-corrected chi connectivity index (χ1v) is 8.64. The third kappa shape index (κ3) is 3.62. The Bertz CT molecular complexity index is 762. The fourth-order valence-electron chi connectivity index (χ4n) is 2.97. The molecule has 2 aromatic rings. The van der Waals surface area contributed by atoms with E-state index in [0.717, 1.165) is 6.42 Å². The van der Waals surface area contributed by atoms with Crippen molar-refractivity contribution in [2.45, 2.75) is 31.7 Å². The van der Waals surface area contributed by atoms with E-state index >= 15 is 0 Å². The van der Waals surface area contributed by atoms with E-state index in [1.165, 1.54) is 17.4 Å². The average Bonchev–Trinajstić information content (AvgIpc) is 3.19.